The highest BCUT2D eigenvalue weighted by Gasteiger charge is 2.35. The van der Waals surface area contributed by atoms with Gasteiger partial charge in [0.05, 0.1) is 76.7 Å². The van der Waals surface area contributed by atoms with Crippen molar-refractivity contribution in [3.8, 4) is 0 Å². The van der Waals surface area contributed by atoms with Crippen molar-refractivity contribution in [3.05, 3.63) is 36.5 Å². The Labute approximate surface area is 442 Å². The van der Waals surface area contributed by atoms with Crippen LogP contribution in [-0.4, -0.2) is 109 Å². The lowest BCUT2D eigenvalue weighted by Gasteiger charge is -2.33. The van der Waals surface area contributed by atoms with Gasteiger partial charge in [0.15, 0.2) is 0 Å². The van der Waals surface area contributed by atoms with Crippen LogP contribution >= 0.6 is 0 Å². The number of hydrogen-bond donors (Lipinski definition) is 4. The highest BCUT2D eigenvalue weighted by molar-refractivity contribution is 5.94. The molecule has 0 aromatic carbocycles. The zero-order valence-electron chi connectivity index (χ0n) is 46.8. The Morgan fingerprint density at radius 1 is 0.534 bits per heavy atom. The van der Waals surface area contributed by atoms with Crippen LogP contribution in [0.5, 0.6) is 0 Å². The van der Waals surface area contributed by atoms with E-state index in [0.29, 0.717) is 32.5 Å². The average molecular weight is 1040 g/mol. The molecule has 0 spiro atoms. The fourth-order valence-electron chi connectivity index (χ4n) is 10.3. The van der Waals surface area contributed by atoms with Crippen LogP contribution in [0.25, 0.3) is 0 Å². The number of aliphatic hydroxyl groups is 2. The molecule has 1 aliphatic heterocycles. The second-order valence-corrected chi connectivity index (χ2v) is 25.4. The number of rotatable bonds is 31. The van der Waals surface area contributed by atoms with Crippen molar-refractivity contribution < 1.29 is 72.9 Å². The van der Waals surface area contributed by atoms with Crippen LogP contribution in [0.3, 0.4) is 0 Å². The van der Waals surface area contributed by atoms with Gasteiger partial charge in [-0.1, -0.05) is 155 Å². The predicted molar refractivity (Wildman–Crippen MR) is 291 cm³/mol. The summed E-state index contributed by atoms with van der Waals surface area (Å²) in [6.07, 6.45) is 5.74. The first-order valence-electron chi connectivity index (χ1n) is 25.1. The maximum Gasteiger partial charge on any atom is 0.317 e. The monoisotopic (exact) mass is 1040 g/mol. The van der Waals surface area contributed by atoms with Crippen LogP contribution in [0, 0.1) is 50.2 Å². The molecule has 1 aliphatic rings. The molecule has 0 bridgehead atoms. The van der Waals surface area contributed by atoms with Gasteiger partial charge in [-0.2, -0.15) is 0 Å². The van der Waals surface area contributed by atoms with E-state index in [9.17, 15) is 39.0 Å². The molecule has 1 fully saturated rings. The normalized spacial score (nSPS) is 14.8. The lowest BCUT2D eigenvalue weighted by atomic mass is 9.72. The summed E-state index contributed by atoms with van der Waals surface area (Å²) in [5.74, 6) is -6.22. The van der Waals surface area contributed by atoms with Crippen molar-refractivity contribution >= 4 is 35.8 Å². The summed E-state index contributed by atoms with van der Waals surface area (Å²) in [5, 5.41) is 34.8. The summed E-state index contributed by atoms with van der Waals surface area (Å²) in [6.45, 7) is 45.6. The number of aliphatic hydroxyl groups excluding tert-OH is 2. The van der Waals surface area contributed by atoms with E-state index in [2.05, 4.69) is 133 Å². The second-order valence-electron chi connectivity index (χ2n) is 25.4. The number of carboxylic acid groups (broad SMARTS) is 2. The molecule has 428 valence electrons. The number of ether oxygens (including phenoxy) is 5. The van der Waals surface area contributed by atoms with E-state index in [0.717, 1.165) is 42.4 Å². The first kappa shape index (κ1) is 75.6. The first-order chi connectivity index (χ1) is 32.2. The Morgan fingerprint density at radius 2 is 0.849 bits per heavy atom. The summed E-state index contributed by atoms with van der Waals surface area (Å²) >= 11 is 0. The summed E-state index contributed by atoms with van der Waals surface area (Å²) in [7, 11) is 0. The molecular formula is C58H106O15. The van der Waals surface area contributed by atoms with Crippen molar-refractivity contribution in [3.63, 3.8) is 0 Å². The molecule has 0 radical (unpaired) electrons. The van der Waals surface area contributed by atoms with Gasteiger partial charge in [-0.15, -0.1) is 0 Å². The van der Waals surface area contributed by atoms with E-state index < -0.39 is 41.7 Å². The van der Waals surface area contributed by atoms with Crippen LogP contribution < -0.4 is 0 Å². The largest absolute Gasteiger partial charge is 0.481 e. The molecule has 0 aromatic rings. The number of carbonyl (C=O) groups excluding carboxylic acids is 4. The number of hydrogen-bond acceptors (Lipinski definition) is 13. The number of aliphatic carboxylic acids is 2. The Balaban J connectivity index is -0.000000695. The van der Waals surface area contributed by atoms with Gasteiger partial charge in [0.25, 0.3) is 0 Å². The van der Waals surface area contributed by atoms with Crippen LogP contribution in [0.1, 0.15) is 196 Å². The minimum absolute atomic E-state index is 0. The van der Waals surface area contributed by atoms with E-state index in [1.54, 1.807) is 0 Å². The molecule has 0 aliphatic carbocycles. The molecule has 3 unspecified atom stereocenters. The van der Waals surface area contributed by atoms with Crippen LogP contribution in [-0.2, 0) is 52.5 Å². The number of carboxylic acids is 2. The fraction of sp³-hybridized carbons (Fsp3) is 0.793. The third kappa shape index (κ3) is 43.1. The van der Waals surface area contributed by atoms with Crippen LogP contribution in [0.4, 0.5) is 0 Å². The maximum absolute atomic E-state index is 12.7. The Hall–Kier alpha value is -3.92. The van der Waals surface area contributed by atoms with E-state index in [-0.39, 0.29) is 131 Å². The lowest BCUT2D eigenvalue weighted by Crippen LogP contribution is -2.26. The quantitative estimate of drug-likeness (QED) is 0.0166. The fourth-order valence-corrected chi connectivity index (χ4v) is 10.3. The van der Waals surface area contributed by atoms with Crippen molar-refractivity contribution in [1.29, 1.82) is 0 Å². The molecule has 3 atom stereocenters. The SMILES string of the molecule is C.C.C=C(CC(CC(=O)O)C(=O)OCCOCCOC(=O)C(CC(=C)CC(C)(C)CC(C)(C)C)CC(=O)O)CC(C)(C)CC(C)(C)C.C=C(CC1CC(=O)OC1=O)CC(C)(C)CC(C)(C)C.OCCOCCO. The molecule has 4 N–H and O–H groups in total. The summed E-state index contributed by atoms with van der Waals surface area (Å²) in [4.78, 5) is 70.7. The number of carbonyl (C=O) groups is 6. The van der Waals surface area contributed by atoms with E-state index >= 15 is 0 Å². The average Bonchev–Trinajstić information content (AvgIpc) is 3.45. The highest BCUT2D eigenvalue weighted by Crippen LogP contribution is 2.41. The van der Waals surface area contributed by atoms with Gasteiger partial charge in [0.2, 0.25) is 0 Å². The summed E-state index contributed by atoms with van der Waals surface area (Å²) in [6, 6.07) is 0. The highest BCUT2D eigenvalue weighted by atomic mass is 16.6. The number of esters is 4. The maximum atomic E-state index is 12.7. The Morgan fingerprint density at radius 3 is 1.12 bits per heavy atom. The molecule has 1 saturated heterocycles. The predicted octanol–water partition coefficient (Wildman–Crippen LogP) is 12.0. The molecular weight excluding hydrogens is 937 g/mol. The van der Waals surface area contributed by atoms with Crippen molar-refractivity contribution in [2.45, 2.75) is 196 Å². The van der Waals surface area contributed by atoms with Crippen molar-refractivity contribution in [2.75, 3.05) is 52.9 Å². The molecule has 0 aromatic heterocycles. The molecule has 1 heterocycles. The van der Waals surface area contributed by atoms with Gasteiger partial charge in [-0.25, -0.2) is 0 Å². The van der Waals surface area contributed by atoms with Crippen LogP contribution in [0.15, 0.2) is 36.5 Å². The van der Waals surface area contributed by atoms with Gasteiger partial charge in [-0.05, 0) is 90.3 Å². The number of cyclic esters (lactones) is 2. The van der Waals surface area contributed by atoms with Gasteiger partial charge in [0.1, 0.15) is 13.2 Å². The smallest absolute Gasteiger partial charge is 0.317 e. The summed E-state index contributed by atoms with van der Waals surface area (Å²) in [5.41, 5.74) is 3.23. The zero-order valence-corrected chi connectivity index (χ0v) is 46.8. The molecule has 15 heteroatoms. The van der Waals surface area contributed by atoms with E-state index in [4.69, 9.17) is 24.4 Å². The number of allylic oxidation sites excluding steroid dienone is 3. The van der Waals surface area contributed by atoms with E-state index in [1.165, 1.54) is 0 Å². The molecule has 1 rings (SSSR count). The van der Waals surface area contributed by atoms with Crippen molar-refractivity contribution in [1.82, 2.24) is 0 Å². The minimum Gasteiger partial charge on any atom is -0.481 e. The van der Waals surface area contributed by atoms with Gasteiger partial charge < -0.3 is 44.1 Å². The van der Waals surface area contributed by atoms with Gasteiger partial charge >= 0.3 is 35.8 Å². The van der Waals surface area contributed by atoms with Crippen molar-refractivity contribution in [2.24, 2.45) is 50.2 Å². The summed E-state index contributed by atoms with van der Waals surface area (Å²) < 4.78 is 25.2. The van der Waals surface area contributed by atoms with E-state index in [1.807, 2.05) is 0 Å². The van der Waals surface area contributed by atoms with Gasteiger partial charge in [-0.3, -0.25) is 28.8 Å². The molecule has 15 nitrogen and oxygen atoms in total. The third-order valence-corrected chi connectivity index (χ3v) is 10.7. The lowest BCUT2D eigenvalue weighted by molar-refractivity contribution is -0.156. The van der Waals surface area contributed by atoms with Crippen LogP contribution in [0.2, 0.25) is 0 Å². The molecule has 0 amide bonds. The Kier molecular flexibility index (Phi) is 36.6. The first-order valence-corrected chi connectivity index (χ1v) is 25.1. The zero-order chi connectivity index (χ0) is 55.6. The minimum atomic E-state index is -1.09. The standard InChI is InChI=1S/C36H62O9.C16H26O3.C4H10O3.2CH4/c1-25(21-35(9,10)23-33(3,4)5)17-27(19-29(37)38)31(41)44-15-13-43-14-16-45-32(42)28(20-30(39)40)18-26(2)22-36(11,12)24-34(6,7)8;1-11(7-12-8-13(17)19-14(12)18)9-16(5,6)10-15(2,3)4;5-1-3-7-4-2-6;;/h27-28H,1-2,13-24H2,3-12H3,(H,37,38)(H,39,40);12H,1,7-10H2,2-6H3;5-6H,1-4H2;2*1H4. The molecule has 0 saturated carbocycles. The Bertz CT molecular complexity index is 1620. The molecule has 73 heavy (non-hydrogen) atoms. The topological polar surface area (TPSA) is 229 Å². The van der Waals surface area contributed by atoms with Gasteiger partial charge in [0, 0.05) is 0 Å². The second kappa shape index (κ2) is 35.4. The third-order valence-electron chi connectivity index (χ3n) is 10.7.